The van der Waals surface area contributed by atoms with Crippen molar-refractivity contribution in [1.82, 2.24) is 0 Å². The van der Waals surface area contributed by atoms with E-state index in [9.17, 15) is 50.4 Å². The lowest BCUT2D eigenvalue weighted by molar-refractivity contribution is -0.160. The van der Waals surface area contributed by atoms with E-state index >= 15 is 0 Å². The third-order valence-corrected chi connectivity index (χ3v) is 8.35. The van der Waals surface area contributed by atoms with Gasteiger partial charge in [0.25, 0.3) is 0 Å². The van der Waals surface area contributed by atoms with Crippen LogP contribution in [0.25, 0.3) is 38.6 Å². The summed E-state index contributed by atoms with van der Waals surface area (Å²) in [5, 5.41) is 82.5. The van der Waals surface area contributed by atoms with E-state index in [0.29, 0.717) is 57.2 Å². The number of hydrogen-bond acceptors (Lipinski definition) is 10. The molecule has 0 aliphatic heterocycles. The number of aliphatic carboxylic acids is 1. The van der Waals surface area contributed by atoms with Gasteiger partial charge in [-0.1, -0.05) is 44.0 Å². The SMILES string of the molecule is CCCCCC(=CC(=O)OC(Cc1ccc(O)c(O)c1)C(=O)O)c1cc(O)c(O)c2ccc(-c3cc(O)c(O)cc3-c3cccc(O)c3)cc12. The molecule has 0 heterocycles. The highest BCUT2D eigenvalue weighted by Crippen LogP contribution is 2.45. The molecular weight excluding hydrogens is 644 g/mol. The topological polar surface area (TPSA) is 205 Å². The Hall–Kier alpha value is -6.36. The zero-order chi connectivity index (χ0) is 36.1. The number of fused-ring (bicyclic) bond motifs is 1. The van der Waals surface area contributed by atoms with E-state index < -0.39 is 41.0 Å². The molecule has 1 unspecified atom stereocenters. The minimum atomic E-state index is -1.63. The van der Waals surface area contributed by atoms with Crippen molar-refractivity contribution in [2.24, 2.45) is 0 Å². The minimum Gasteiger partial charge on any atom is -0.508 e. The lowest BCUT2D eigenvalue weighted by atomic mass is 9.89. The number of ether oxygens (including phenoxy) is 1. The van der Waals surface area contributed by atoms with Gasteiger partial charge in [-0.3, -0.25) is 0 Å². The Morgan fingerprint density at radius 1 is 0.700 bits per heavy atom. The molecule has 11 heteroatoms. The van der Waals surface area contributed by atoms with Crippen LogP contribution in [-0.2, 0) is 20.7 Å². The maximum Gasteiger partial charge on any atom is 0.345 e. The second kappa shape index (κ2) is 14.8. The molecule has 258 valence electrons. The van der Waals surface area contributed by atoms with Gasteiger partial charge in [0.1, 0.15) is 5.75 Å². The van der Waals surface area contributed by atoms with Gasteiger partial charge in [-0.15, -0.1) is 0 Å². The summed E-state index contributed by atoms with van der Waals surface area (Å²) in [7, 11) is 0. The molecule has 5 aromatic carbocycles. The molecule has 0 aromatic heterocycles. The van der Waals surface area contributed by atoms with Crippen molar-refractivity contribution in [3.63, 3.8) is 0 Å². The first-order valence-corrected chi connectivity index (χ1v) is 15.9. The summed E-state index contributed by atoms with van der Waals surface area (Å²) in [5.41, 5.74) is 3.07. The fourth-order valence-electron chi connectivity index (χ4n) is 5.81. The number of aromatic hydroxyl groups is 7. The average molecular weight is 681 g/mol. The molecule has 0 amide bonds. The Balaban J connectivity index is 1.62. The van der Waals surface area contributed by atoms with Gasteiger partial charge in [-0.2, -0.15) is 0 Å². The number of rotatable bonds is 12. The number of carbonyl (C=O) groups excluding carboxylic acids is 1. The second-order valence-corrected chi connectivity index (χ2v) is 11.9. The highest BCUT2D eigenvalue weighted by Gasteiger charge is 2.24. The van der Waals surface area contributed by atoms with E-state index in [1.54, 1.807) is 30.3 Å². The van der Waals surface area contributed by atoms with Crippen molar-refractivity contribution in [2.75, 3.05) is 0 Å². The molecular formula is C39H36O11. The van der Waals surface area contributed by atoms with Gasteiger partial charge in [0.2, 0.25) is 6.10 Å². The zero-order valence-electron chi connectivity index (χ0n) is 27.0. The Bertz CT molecular complexity index is 2120. The van der Waals surface area contributed by atoms with Gasteiger partial charge in [0.05, 0.1) is 0 Å². The summed E-state index contributed by atoms with van der Waals surface area (Å²) in [5.74, 6) is -4.88. The Kier molecular flexibility index (Phi) is 10.4. The monoisotopic (exact) mass is 680 g/mol. The maximum absolute atomic E-state index is 13.3. The molecule has 50 heavy (non-hydrogen) atoms. The predicted molar refractivity (Wildman–Crippen MR) is 186 cm³/mol. The van der Waals surface area contributed by atoms with Crippen LogP contribution in [0, 0.1) is 0 Å². The van der Waals surface area contributed by atoms with Crippen molar-refractivity contribution in [1.29, 1.82) is 0 Å². The first-order valence-electron chi connectivity index (χ1n) is 15.9. The standard InChI is InChI=1S/C39H36O11/c1-2-3-4-6-23(17-37(46)50-36(39(48)49)14-21-9-12-31(41)32(42)13-21)29-20-35(45)38(47)26-11-10-24(16-30(26)29)28-19-34(44)33(43)18-27(28)22-7-5-8-25(40)15-22/h5,7-13,15-20,36,40-45,47H,2-4,6,14H2,1H3,(H,48,49). The normalized spacial score (nSPS) is 12.1. The molecule has 0 aliphatic rings. The molecule has 1 atom stereocenters. The van der Waals surface area contributed by atoms with E-state index in [1.165, 1.54) is 48.5 Å². The lowest BCUT2D eigenvalue weighted by Crippen LogP contribution is -2.28. The number of carboxylic acid groups (broad SMARTS) is 1. The fraction of sp³-hybridized carbons (Fsp3) is 0.179. The summed E-state index contributed by atoms with van der Waals surface area (Å²) in [4.78, 5) is 25.4. The van der Waals surface area contributed by atoms with Gasteiger partial charge in [0.15, 0.2) is 34.5 Å². The first kappa shape index (κ1) is 35.0. The quantitative estimate of drug-likeness (QED) is 0.0284. The smallest absolute Gasteiger partial charge is 0.345 e. The lowest BCUT2D eigenvalue weighted by Gasteiger charge is -2.17. The number of allylic oxidation sites excluding steroid dienone is 1. The van der Waals surface area contributed by atoms with Crippen LogP contribution in [0.15, 0.2) is 84.9 Å². The van der Waals surface area contributed by atoms with Gasteiger partial charge >= 0.3 is 11.9 Å². The summed E-state index contributed by atoms with van der Waals surface area (Å²) in [6.07, 6.45) is 1.83. The highest BCUT2D eigenvalue weighted by molar-refractivity contribution is 6.05. The number of phenolic OH excluding ortho intramolecular Hbond substituents is 7. The Labute approximate surface area is 286 Å². The third-order valence-electron chi connectivity index (χ3n) is 8.35. The van der Waals surface area contributed by atoms with Crippen molar-refractivity contribution in [3.05, 3.63) is 96.1 Å². The van der Waals surface area contributed by atoms with Gasteiger partial charge in [0, 0.05) is 17.9 Å². The summed E-state index contributed by atoms with van der Waals surface area (Å²) in [6, 6.07) is 19.1. The molecule has 0 bridgehead atoms. The molecule has 8 N–H and O–H groups in total. The second-order valence-electron chi connectivity index (χ2n) is 11.9. The molecule has 0 saturated carbocycles. The predicted octanol–water partition coefficient (Wildman–Crippen LogP) is 7.32. The largest absolute Gasteiger partial charge is 0.508 e. The van der Waals surface area contributed by atoms with Crippen LogP contribution in [0.5, 0.6) is 40.2 Å². The average Bonchev–Trinajstić information content (AvgIpc) is 3.08. The van der Waals surface area contributed by atoms with Crippen LogP contribution in [0.2, 0.25) is 0 Å². The van der Waals surface area contributed by atoms with Crippen molar-refractivity contribution in [3.8, 4) is 62.5 Å². The molecule has 0 spiro atoms. The molecule has 0 radical (unpaired) electrons. The highest BCUT2D eigenvalue weighted by atomic mass is 16.6. The molecule has 0 aliphatic carbocycles. The van der Waals surface area contributed by atoms with Crippen LogP contribution in [-0.4, -0.2) is 58.9 Å². The number of hydrogen-bond donors (Lipinski definition) is 8. The summed E-state index contributed by atoms with van der Waals surface area (Å²) in [6.45, 7) is 2.00. The van der Waals surface area contributed by atoms with Crippen molar-refractivity contribution in [2.45, 2.75) is 45.1 Å². The molecule has 5 aromatic rings. The van der Waals surface area contributed by atoms with E-state index in [1.807, 2.05) is 6.92 Å². The number of benzene rings is 5. The van der Waals surface area contributed by atoms with Gasteiger partial charge in [-0.25, -0.2) is 9.59 Å². The van der Waals surface area contributed by atoms with Crippen LogP contribution in [0.4, 0.5) is 0 Å². The van der Waals surface area contributed by atoms with Gasteiger partial charge in [-0.05, 0) is 112 Å². The summed E-state index contributed by atoms with van der Waals surface area (Å²) >= 11 is 0. The van der Waals surface area contributed by atoms with E-state index in [4.69, 9.17) is 4.74 Å². The molecule has 5 rings (SSSR count). The number of unbranched alkanes of at least 4 members (excludes halogenated alkanes) is 2. The number of carbonyl (C=O) groups is 2. The zero-order valence-corrected chi connectivity index (χ0v) is 27.0. The van der Waals surface area contributed by atoms with Crippen LogP contribution < -0.4 is 0 Å². The Morgan fingerprint density at radius 2 is 1.38 bits per heavy atom. The van der Waals surface area contributed by atoms with Gasteiger partial charge < -0.3 is 45.6 Å². The van der Waals surface area contributed by atoms with E-state index in [-0.39, 0.29) is 29.1 Å². The van der Waals surface area contributed by atoms with Crippen molar-refractivity contribution < 1.29 is 55.2 Å². The molecule has 0 saturated heterocycles. The third kappa shape index (κ3) is 7.68. The number of esters is 1. The summed E-state index contributed by atoms with van der Waals surface area (Å²) < 4.78 is 5.36. The molecule has 11 nitrogen and oxygen atoms in total. The van der Waals surface area contributed by atoms with Crippen molar-refractivity contribution >= 4 is 28.3 Å². The number of carboxylic acids is 1. The van der Waals surface area contributed by atoms with Crippen LogP contribution in [0.1, 0.15) is 43.7 Å². The fourth-order valence-corrected chi connectivity index (χ4v) is 5.81. The van der Waals surface area contributed by atoms with Crippen LogP contribution >= 0.6 is 0 Å². The maximum atomic E-state index is 13.3. The van der Waals surface area contributed by atoms with E-state index in [2.05, 4.69) is 0 Å². The minimum absolute atomic E-state index is 0.0118. The van der Waals surface area contributed by atoms with Crippen LogP contribution in [0.3, 0.4) is 0 Å². The van der Waals surface area contributed by atoms with E-state index in [0.717, 1.165) is 18.9 Å². The number of phenols is 7. The molecule has 0 fully saturated rings. The first-order chi connectivity index (χ1) is 23.9. The Morgan fingerprint density at radius 3 is 2.02 bits per heavy atom.